The summed E-state index contributed by atoms with van der Waals surface area (Å²) in [5, 5.41) is 8.64. The summed E-state index contributed by atoms with van der Waals surface area (Å²) in [4.78, 5) is 0. The molecule has 0 aliphatic carbocycles. The second kappa shape index (κ2) is 3.96. The molecule has 4 nitrogen and oxygen atoms in total. The van der Waals surface area contributed by atoms with Crippen LogP contribution in [0.2, 0.25) is 0 Å². The zero-order valence-corrected chi connectivity index (χ0v) is 8.65. The molecule has 1 N–H and O–H groups in total. The smallest absolute Gasteiger partial charge is 0.286 e. The lowest BCUT2D eigenvalue weighted by molar-refractivity contribution is -0.465. The third kappa shape index (κ3) is 1.93. The molecule has 3 rings (SSSR count). The monoisotopic (exact) mass is 212 g/mol. The van der Waals surface area contributed by atoms with Gasteiger partial charge in [0.2, 0.25) is 0 Å². The summed E-state index contributed by atoms with van der Waals surface area (Å²) < 4.78 is 16.7. The Morgan fingerprint density at radius 2 is 1.73 bits per heavy atom. The lowest BCUT2D eigenvalue weighted by atomic mass is 9.85. The zero-order valence-electron chi connectivity index (χ0n) is 8.65. The maximum Gasteiger partial charge on any atom is 0.286 e. The Labute approximate surface area is 89.1 Å². The van der Waals surface area contributed by atoms with Crippen molar-refractivity contribution in [3.05, 3.63) is 25.0 Å². The molecule has 0 aromatic rings. The second-order valence-electron chi connectivity index (χ2n) is 4.13. The third-order valence-corrected chi connectivity index (χ3v) is 2.85. The first-order valence-electron chi connectivity index (χ1n) is 5.06. The van der Waals surface area contributed by atoms with Crippen LogP contribution in [0, 0.1) is 5.41 Å². The van der Waals surface area contributed by atoms with Crippen LogP contribution >= 0.6 is 0 Å². The Morgan fingerprint density at radius 3 is 2.20 bits per heavy atom. The van der Waals surface area contributed by atoms with Gasteiger partial charge in [-0.2, -0.15) is 0 Å². The van der Waals surface area contributed by atoms with E-state index in [1.807, 2.05) is 0 Å². The SMILES string of the molecule is C=CCC12OCC(CC=CO)(CO1)CO2. The molecule has 0 radical (unpaired) electrons. The first kappa shape index (κ1) is 10.7. The molecular formula is C11H16O4. The molecule has 2 bridgehead atoms. The molecule has 84 valence electrons. The van der Waals surface area contributed by atoms with Crippen LogP contribution in [-0.2, 0) is 14.2 Å². The molecule has 0 amide bonds. The van der Waals surface area contributed by atoms with Crippen LogP contribution in [0.3, 0.4) is 0 Å². The molecule has 0 atom stereocenters. The van der Waals surface area contributed by atoms with Crippen molar-refractivity contribution in [1.29, 1.82) is 0 Å². The highest BCUT2D eigenvalue weighted by Gasteiger charge is 2.51. The van der Waals surface area contributed by atoms with Crippen molar-refractivity contribution in [2.75, 3.05) is 19.8 Å². The van der Waals surface area contributed by atoms with Crippen LogP contribution in [0.15, 0.2) is 25.0 Å². The van der Waals surface area contributed by atoms with E-state index in [-0.39, 0.29) is 5.41 Å². The van der Waals surface area contributed by atoms with Crippen LogP contribution in [0.25, 0.3) is 0 Å². The Balaban J connectivity index is 2.00. The number of ether oxygens (including phenoxy) is 3. The number of rotatable bonds is 4. The van der Waals surface area contributed by atoms with Crippen LogP contribution < -0.4 is 0 Å². The van der Waals surface area contributed by atoms with Crippen LogP contribution in [0.5, 0.6) is 0 Å². The third-order valence-electron chi connectivity index (χ3n) is 2.85. The van der Waals surface area contributed by atoms with Gasteiger partial charge in [-0.1, -0.05) is 6.08 Å². The minimum atomic E-state index is -0.896. The molecule has 4 heteroatoms. The number of hydrogen-bond donors (Lipinski definition) is 1. The summed E-state index contributed by atoms with van der Waals surface area (Å²) in [6.07, 6.45) is 5.72. The number of aliphatic hydroxyl groups is 1. The van der Waals surface area contributed by atoms with E-state index in [9.17, 15) is 0 Å². The summed E-state index contributed by atoms with van der Waals surface area (Å²) in [5.41, 5.74) is -0.137. The van der Waals surface area contributed by atoms with Gasteiger partial charge in [0.1, 0.15) is 0 Å². The Kier molecular flexibility index (Phi) is 2.82. The van der Waals surface area contributed by atoms with Gasteiger partial charge in [0.05, 0.1) is 26.1 Å². The van der Waals surface area contributed by atoms with Gasteiger partial charge in [0.25, 0.3) is 5.97 Å². The largest absolute Gasteiger partial charge is 0.516 e. The zero-order chi connectivity index (χ0) is 10.8. The molecule has 0 unspecified atom stereocenters. The van der Waals surface area contributed by atoms with Crippen LogP contribution in [0.4, 0.5) is 0 Å². The lowest BCUT2D eigenvalue weighted by Gasteiger charge is -2.51. The molecule has 15 heavy (non-hydrogen) atoms. The average molecular weight is 212 g/mol. The van der Waals surface area contributed by atoms with Gasteiger partial charge in [0.15, 0.2) is 0 Å². The summed E-state index contributed by atoms with van der Waals surface area (Å²) in [6.45, 7) is 5.45. The Bertz CT molecular complexity index is 247. The highest BCUT2D eigenvalue weighted by Crippen LogP contribution is 2.42. The van der Waals surface area contributed by atoms with Crippen molar-refractivity contribution >= 4 is 0 Å². The van der Waals surface area contributed by atoms with E-state index in [0.717, 1.165) is 6.26 Å². The molecule has 0 saturated carbocycles. The van der Waals surface area contributed by atoms with Gasteiger partial charge in [-0.15, -0.1) is 6.58 Å². The van der Waals surface area contributed by atoms with E-state index < -0.39 is 5.97 Å². The summed E-state index contributed by atoms with van der Waals surface area (Å²) in [7, 11) is 0. The molecule has 0 aromatic carbocycles. The quantitative estimate of drug-likeness (QED) is 0.569. The molecule has 0 spiro atoms. The van der Waals surface area contributed by atoms with E-state index in [2.05, 4.69) is 6.58 Å². The average Bonchev–Trinajstić information content (AvgIpc) is 2.29. The molecule has 3 fully saturated rings. The topological polar surface area (TPSA) is 47.9 Å². The second-order valence-corrected chi connectivity index (χ2v) is 4.13. The first-order chi connectivity index (χ1) is 7.24. The predicted molar refractivity (Wildman–Crippen MR) is 54.2 cm³/mol. The van der Waals surface area contributed by atoms with Crippen molar-refractivity contribution in [3.8, 4) is 0 Å². The highest BCUT2D eigenvalue weighted by atomic mass is 16.9. The van der Waals surface area contributed by atoms with Gasteiger partial charge in [0, 0.05) is 11.8 Å². The normalized spacial score (nSPS) is 39.7. The predicted octanol–water partition coefficient (Wildman–Crippen LogP) is 1.74. The molecule has 3 aliphatic heterocycles. The summed E-state index contributed by atoms with van der Waals surface area (Å²) in [5.74, 6) is -0.896. The Hall–Kier alpha value is -0.840. The van der Waals surface area contributed by atoms with E-state index in [1.54, 1.807) is 12.2 Å². The summed E-state index contributed by atoms with van der Waals surface area (Å²) in [6, 6.07) is 0. The number of hydrogen-bond acceptors (Lipinski definition) is 4. The van der Waals surface area contributed by atoms with Gasteiger partial charge in [-0.3, -0.25) is 0 Å². The fourth-order valence-electron chi connectivity index (χ4n) is 1.87. The van der Waals surface area contributed by atoms with Crippen LogP contribution in [0.1, 0.15) is 12.8 Å². The van der Waals surface area contributed by atoms with Crippen molar-refractivity contribution < 1.29 is 19.3 Å². The molecule has 0 aromatic heterocycles. The molecule has 3 saturated heterocycles. The maximum atomic E-state index is 8.64. The number of aliphatic hydroxyl groups excluding tert-OH is 1. The van der Waals surface area contributed by atoms with Crippen molar-refractivity contribution in [1.82, 2.24) is 0 Å². The van der Waals surface area contributed by atoms with Crippen molar-refractivity contribution in [2.24, 2.45) is 5.41 Å². The van der Waals surface area contributed by atoms with Crippen molar-refractivity contribution in [3.63, 3.8) is 0 Å². The first-order valence-corrected chi connectivity index (χ1v) is 5.06. The fraction of sp³-hybridized carbons (Fsp3) is 0.636. The van der Waals surface area contributed by atoms with Gasteiger partial charge in [-0.05, 0) is 12.5 Å². The molecular weight excluding hydrogens is 196 g/mol. The lowest BCUT2D eigenvalue weighted by Crippen LogP contribution is -2.59. The van der Waals surface area contributed by atoms with E-state index in [4.69, 9.17) is 19.3 Å². The minimum Gasteiger partial charge on any atom is -0.516 e. The molecule has 3 aliphatic rings. The minimum absolute atomic E-state index is 0.137. The van der Waals surface area contributed by atoms with Gasteiger partial charge >= 0.3 is 0 Å². The van der Waals surface area contributed by atoms with Crippen molar-refractivity contribution in [2.45, 2.75) is 18.8 Å². The van der Waals surface area contributed by atoms with Gasteiger partial charge < -0.3 is 19.3 Å². The number of allylic oxidation sites excluding steroid dienone is 1. The number of fused-ring (bicyclic) bond motifs is 3. The maximum absolute atomic E-state index is 8.64. The highest BCUT2D eigenvalue weighted by molar-refractivity contribution is 4.95. The Morgan fingerprint density at radius 1 is 1.13 bits per heavy atom. The standard InChI is InChI=1S/C11H16O4/c1-2-4-11-13-7-10(8-14-11,9-15-11)5-3-6-12/h2-3,6,12H,1,4-5,7-9H2. The van der Waals surface area contributed by atoms with Crippen LogP contribution in [-0.4, -0.2) is 30.9 Å². The fourth-order valence-corrected chi connectivity index (χ4v) is 1.87. The van der Waals surface area contributed by atoms with E-state index in [1.165, 1.54) is 0 Å². The van der Waals surface area contributed by atoms with E-state index >= 15 is 0 Å². The van der Waals surface area contributed by atoms with Gasteiger partial charge in [-0.25, -0.2) is 0 Å². The van der Waals surface area contributed by atoms with E-state index in [0.29, 0.717) is 32.7 Å². The molecule has 3 heterocycles. The summed E-state index contributed by atoms with van der Waals surface area (Å²) >= 11 is 0.